The predicted molar refractivity (Wildman–Crippen MR) is 66.3 cm³/mol. The third-order valence-electron chi connectivity index (χ3n) is 3.01. The summed E-state index contributed by atoms with van der Waals surface area (Å²) >= 11 is 3.75. The first-order chi connectivity index (χ1) is 7.36. The molecule has 2 heteroatoms. The molecule has 82 valence electrons. The van der Waals surface area contributed by atoms with Crippen molar-refractivity contribution in [2.24, 2.45) is 5.92 Å². The van der Waals surface area contributed by atoms with Crippen molar-refractivity contribution in [2.75, 3.05) is 13.2 Å². The highest BCUT2D eigenvalue weighted by Gasteiger charge is 2.17. The van der Waals surface area contributed by atoms with Crippen LogP contribution in [-0.4, -0.2) is 13.2 Å². The van der Waals surface area contributed by atoms with E-state index in [1.165, 1.54) is 24.8 Å². The maximum Gasteiger partial charge on any atom is 0.0495 e. The molecule has 1 aromatic carbocycles. The monoisotopic (exact) mass is 268 g/mol. The highest BCUT2D eigenvalue weighted by molar-refractivity contribution is 9.09. The van der Waals surface area contributed by atoms with E-state index in [-0.39, 0.29) is 0 Å². The molecule has 1 aliphatic rings. The van der Waals surface area contributed by atoms with Crippen LogP contribution < -0.4 is 0 Å². The summed E-state index contributed by atoms with van der Waals surface area (Å²) in [5.41, 5.74) is 1.39. The lowest BCUT2D eigenvalue weighted by atomic mass is 9.99. The summed E-state index contributed by atoms with van der Waals surface area (Å²) in [6.45, 7) is 1.93. The second kappa shape index (κ2) is 5.66. The van der Waals surface area contributed by atoms with E-state index in [0.29, 0.717) is 4.83 Å². The van der Waals surface area contributed by atoms with Gasteiger partial charge in [0.25, 0.3) is 0 Å². The van der Waals surface area contributed by atoms with Crippen LogP contribution in [0, 0.1) is 5.92 Å². The molecule has 1 heterocycles. The SMILES string of the molecule is BrC(CCC1CCOC1)c1ccccc1. The van der Waals surface area contributed by atoms with Gasteiger partial charge in [-0.25, -0.2) is 0 Å². The van der Waals surface area contributed by atoms with Gasteiger partial charge >= 0.3 is 0 Å². The van der Waals surface area contributed by atoms with Gasteiger partial charge in [0, 0.05) is 18.0 Å². The zero-order valence-electron chi connectivity index (χ0n) is 8.86. The molecule has 1 aliphatic heterocycles. The normalized spacial score (nSPS) is 22.9. The molecule has 2 atom stereocenters. The second-order valence-electron chi connectivity index (χ2n) is 4.19. The van der Waals surface area contributed by atoms with Gasteiger partial charge in [-0.15, -0.1) is 0 Å². The maximum absolute atomic E-state index is 5.38. The van der Waals surface area contributed by atoms with Crippen molar-refractivity contribution in [2.45, 2.75) is 24.1 Å². The first kappa shape index (κ1) is 11.2. The molecule has 0 aromatic heterocycles. The standard InChI is InChI=1S/C13H17BrO/c14-13(12-4-2-1-3-5-12)7-6-11-8-9-15-10-11/h1-5,11,13H,6-10H2. The van der Waals surface area contributed by atoms with E-state index in [0.717, 1.165) is 19.1 Å². The van der Waals surface area contributed by atoms with Gasteiger partial charge in [-0.3, -0.25) is 0 Å². The summed E-state index contributed by atoms with van der Waals surface area (Å²) in [6, 6.07) is 10.6. The Bertz CT molecular complexity index is 280. The highest BCUT2D eigenvalue weighted by atomic mass is 79.9. The lowest BCUT2D eigenvalue weighted by Crippen LogP contribution is -2.01. The van der Waals surface area contributed by atoms with E-state index < -0.39 is 0 Å². The number of hydrogen-bond acceptors (Lipinski definition) is 1. The summed E-state index contributed by atoms with van der Waals surface area (Å²) in [6.07, 6.45) is 3.72. The van der Waals surface area contributed by atoms with Gasteiger partial charge in [0.1, 0.15) is 0 Å². The van der Waals surface area contributed by atoms with E-state index in [2.05, 4.69) is 46.3 Å². The Labute approximate surface area is 100.0 Å². The lowest BCUT2D eigenvalue weighted by Gasteiger charge is -2.12. The largest absolute Gasteiger partial charge is 0.381 e. The fourth-order valence-electron chi connectivity index (χ4n) is 2.02. The summed E-state index contributed by atoms with van der Waals surface area (Å²) in [5, 5.41) is 0. The second-order valence-corrected chi connectivity index (χ2v) is 5.29. The minimum atomic E-state index is 0.499. The Balaban J connectivity index is 1.79. The fourth-order valence-corrected chi connectivity index (χ4v) is 2.59. The van der Waals surface area contributed by atoms with E-state index in [4.69, 9.17) is 4.74 Å². The lowest BCUT2D eigenvalue weighted by molar-refractivity contribution is 0.184. The molecule has 1 nitrogen and oxygen atoms in total. The molecule has 0 amide bonds. The molecule has 1 aromatic rings. The molecule has 0 radical (unpaired) electrons. The summed E-state index contributed by atoms with van der Waals surface area (Å²) < 4.78 is 5.38. The molecule has 15 heavy (non-hydrogen) atoms. The molecule has 0 N–H and O–H groups in total. The van der Waals surface area contributed by atoms with Gasteiger partial charge in [-0.1, -0.05) is 46.3 Å². The summed E-state index contributed by atoms with van der Waals surface area (Å²) in [4.78, 5) is 0.499. The van der Waals surface area contributed by atoms with Crippen molar-refractivity contribution in [3.8, 4) is 0 Å². The Hall–Kier alpha value is -0.340. The van der Waals surface area contributed by atoms with Crippen LogP contribution in [0.4, 0.5) is 0 Å². The molecule has 0 spiro atoms. The zero-order valence-corrected chi connectivity index (χ0v) is 10.4. The van der Waals surface area contributed by atoms with Crippen LogP contribution in [0.2, 0.25) is 0 Å². The third-order valence-corrected chi connectivity index (χ3v) is 4.00. The summed E-state index contributed by atoms with van der Waals surface area (Å²) in [5.74, 6) is 0.786. The number of hydrogen-bond donors (Lipinski definition) is 0. The van der Waals surface area contributed by atoms with E-state index in [1.54, 1.807) is 0 Å². The Morgan fingerprint density at radius 3 is 2.80 bits per heavy atom. The zero-order chi connectivity index (χ0) is 10.5. The van der Waals surface area contributed by atoms with E-state index >= 15 is 0 Å². The molecular formula is C13H17BrO. The van der Waals surface area contributed by atoms with Crippen LogP contribution in [0.25, 0.3) is 0 Å². The van der Waals surface area contributed by atoms with E-state index in [9.17, 15) is 0 Å². The number of alkyl halides is 1. The first-order valence-corrected chi connectivity index (χ1v) is 6.54. The summed E-state index contributed by atoms with van der Waals surface area (Å²) in [7, 11) is 0. The van der Waals surface area contributed by atoms with Crippen LogP contribution in [0.5, 0.6) is 0 Å². The molecule has 0 aliphatic carbocycles. The smallest absolute Gasteiger partial charge is 0.0495 e. The minimum Gasteiger partial charge on any atom is -0.381 e. The fraction of sp³-hybridized carbons (Fsp3) is 0.538. The number of ether oxygens (including phenoxy) is 1. The molecule has 1 saturated heterocycles. The number of halogens is 1. The highest BCUT2D eigenvalue weighted by Crippen LogP contribution is 2.30. The van der Waals surface area contributed by atoms with Crippen molar-refractivity contribution in [1.29, 1.82) is 0 Å². The predicted octanol–water partition coefficient (Wildman–Crippen LogP) is 3.94. The van der Waals surface area contributed by atoms with E-state index in [1.807, 2.05) is 0 Å². The molecule has 2 rings (SSSR count). The van der Waals surface area contributed by atoms with Crippen LogP contribution >= 0.6 is 15.9 Å². The van der Waals surface area contributed by atoms with Gasteiger partial charge in [0.15, 0.2) is 0 Å². The van der Waals surface area contributed by atoms with Gasteiger partial charge in [-0.2, -0.15) is 0 Å². The van der Waals surface area contributed by atoms with Crippen LogP contribution in [0.15, 0.2) is 30.3 Å². The molecular weight excluding hydrogens is 252 g/mol. The molecule has 0 saturated carbocycles. The number of benzene rings is 1. The molecule has 2 unspecified atom stereocenters. The maximum atomic E-state index is 5.38. The van der Waals surface area contributed by atoms with Crippen molar-refractivity contribution >= 4 is 15.9 Å². The van der Waals surface area contributed by atoms with Crippen molar-refractivity contribution < 1.29 is 4.74 Å². The Morgan fingerprint density at radius 2 is 2.13 bits per heavy atom. The van der Waals surface area contributed by atoms with Crippen LogP contribution in [0.3, 0.4) is 0 Å². The third kappa shape index (κ3) is 3.32. The van der Waals surface area contributed by atoms with Gasteiger partial charge in [0.2, 0.25) is 0 Å². The minimum absolute atomic E-state index is 0.499. The molecule has 1 fully saturated rings. The van der Waals surface area contributed by atoms with Gasteiger partial charge in [-0.05, 0) is 30.7 Å². The Kier molecular flexibility index (Phi) is 4.21. The van der Waals surface area contributed by atoms with Crippen molar-refractivity contribution in [3.63, 3.8) is 0 Å². The van der Waals surface area contributed by atoms with Crippen LogP contribution in [0.1, 0.15) is 29.7 Å². The topological polar surface area (TPSA) is 9.23 Å². The van der Waals surface area contributed by atoms with Crippen LogP contribution in [-0.2, 0) is 4.74 Å². The van der Waals surface area contributed by atoms with Crippen molar-refractivity contribution in [1.82, 2.24) is 0 Å². The quantitative estimate of drug-likeness (QED) is 0.752. The average molecular weight is 269 g/mol. The Morgan fingerprint density at radius 1 is 1.33 bits per heavy atom. The van der Waals surface area contributed by atoms with Gasteiger partial charge in [0.05, 0.1) is 0 Å². The van der Waals surface area contributed by atoms with Gasteiger partial charge < -0.3 is 4.74 Å². The number of rotatable bonds is 4. The van der Waals surface area contributed by atoms with Crippen molar-refractivity contribution in [3.05, 3.63) is 35.9 Å². The average Bonchev–Trinajstić information content (AvgIpc) is 2.80. The first-order valence-electron chi connectivity index (χ1n) is 5.63. The molecule has 0 bridgehead atoms.